The summed E-state index contributed by atoms with van der Waals surface area (Å²) in [6.45, 7) is 1.81. The monoisotopic (exact) mass is 511 g/mol. The van der Waals surface area contributed by atoms with Gasteiger partial charge in [-0.15, -0.1) is 0 Å². The second-order valence-corrected chi connectivity index (χ2v) is 9.62. The van der Waals surface area contributed by atoms with Crippen molar-refractivity contribution in [2.75, 3.05) is 32.9 Å². The number of benzene rings is 2. The van der Waals surface area contributed by atoms with Gasteiger partial charge in [0, 0.05) is 61.1 Å². The van der Waals surface area contributed by atoms with Gasteiger partial charge in [0.15, 0.2) is 0 Å². The molecule has 2 atom stereocenters. The van der Waals surface area contributed by atoms with E-state index in [9.17, 15) is 17.6 Å². The van der Waals surface area contributed by atoms with Gasteiger partial charge in [-0.3, -0.25) is 14.2 Å². The maximum Gasteiger partial charge on any atom is 0.401 e. The minimum absolute atomic E-state index is 0.0179. The molecule has 0 spiro atoms. The van der Waals surface area contributed by atoms with Crippen LogP contribution in [-0.4, -0.2) is 65.5 Å². The molecule has 3 heterocycles. The van der Waals surface area contributed by atoms with Crippen molar-refractivity contribution in [3.63, 3.8) is 0 Å². The van der Waals surface area contributed by atoms with Crippen LogP contribution in [-0.2, 0) is 6.54 Å². The number of nitrogens with zero attached hydrogens (tertiary/aromatic N) is 3. The molecule has 0 saturated carbocycles. The lowest BCUT2D eigenvalue weighted by Crippen LogP contribution is -2.53. The Labute approximate surface area is 205 Å². The van der Waals surface area contributed by atoms with Crippen LogP contribution in [0.4, 0.5) is 26.3 Å². The second kappa shape index (κ2) is 9.63. The van der Waals surface area contributed by atoms with Gasteiger partial charge < -0.3 is 9.30 Å². The molecule has 36 heavy (non-hydrogen) atoms. The summed E-state index contributed by atoms with van der Waals surface area (Å²) < 4.78 is 91.6. The Morgan fingerprint density at radius 3 is 2.36 bits per heavy atom. The van der Waals surface area contributed by atoms with Crippen molar-refractivity contribution in [3.8, 4) is 5.75 Å². The highest BCUT2D eigenvalue weighted by Gasteiger charge is 2.43. The topological polar surface area (TPSA) is 20.6 Å². The number of halogens is 6. The molecule has 4 nitrogen and oxygen atoms in total. The number of aromatic nitrogens is 1. The normalized spacial score (nSPS) is 21.5. The highest BCUT2D eigenvalue weighted by molar-refractivity contribution is 5.82. The highest BCUT2D eigenvalue weighted by atomic mass is 19.4. The van der Waals surface area contributed by atoms with Gasteiger partial charge in [-0.1, -0.05) is 18.2 Å². The van der Waals surface area contributed by atoms with Crippen LogP contribution in [0.15, 0.2) is 42.5 Å². The van der Waals surface area contributed by atoms with E-state index in [4.69, 9.17) is 4.74 Å². The molecule has 194 valence electrons. The summed E-state index contributed by atoms with van der Waals surface area (Å²) in [5, 5.41) is 0.793. The van der Waals surface area contributed by atoms with Crippen LogP contribution in [0, 0.1) is 11.6 Å². The van der Waals surface area contributed by atoms with E-state index in [-0.39, 0.29) is 18.4 Å². The molecule has 1 fully saturated rings. The van der Waals surface area contributed by atoms with Crippen LogP contribution in [0.1, 0.15) is 30.6 Å². The van der Waals surface area contributed by atoms with E-state index >= 15 is 8.78 Å². The maximum atomic E-state index is 15.5. The van der Waals surface area contributed by atoms with Crippen molar-refractivity contribution in [1.29, 1.82) is 0 Å². The van der Waals surface area contributed by atoms with E-state index in [1.54, 1.807) is 13.0 Å². The molecule has 1 aromatic heterocycles. The van der Waals surface area contributed by atoms with Crippen LogP contribution in [0.25, 0.3) is 10.9 Å². The molecule has 0 bridgehead atoms. The molecular weight excluding hydrogens is 484 g/mol. The molecule has 0 radical (unpaired) electrons. The molecule has 3 aromatic rings. The minimum Gasteiger partial charge on any atom is -0.488 e. The average Bonchev–Trinajstić information content (AvgIpc) is 3.14. The zero-order chi connectivity index (χ0) is 25.6. The summed E-state index contributed by atoms with van der Waals surface area (Å²) in [7, 11) is 0. The number of para-hydroxylation sites is 1. The largest absolute Gasteiger partial charge is 0.488 e. The fourth-order valence-electron chi connectivity index (χ4n) is 5.37. The standard InChI is InChI=1S/C26H27F6N3O/c1-16-12-34-22-6-3-2-5-17(22)9-23(34)25(35(16)15-26(30,31)32)24-20(28)10-18(11-21(24)29)36-19-13-33(14-19)8-4-7-27/h2-3,5-6,9-11,16,19,25H,4,7-8,12-15H2,1H3/t16-,25+/m1/s1. The number of likely N-dealkylation sites (tertiary alicyclic amines) is 1. The third-order valence-electron chi connectivity index (χ3n) is 6.99. The van der Waals surface area contributed by atoms with E-state index < -0.39 is 48.7 Å². The zero-order valence-corrected chi connectivity index (χ0v) is 19.7. The third kappa shape index (κ3) is 4.80. The van der Waals surface area contributed by atoms with Crippen LogP contribution in [0.5, 0.6) is 5.75 Å². The first-order valence-corrected chi connectivity index (χ1v) is 12.0. The lowest BCUT2D eigenvalue weighted by molar-refractivity contribution is -0.157. The Kier molecular flexibility index (Phi) is 6.67. The van der Waals surface area contributed by atoms with Gasteiger partial charge in [-0.05, 0) is 30.9 Å². The van der Waals surface area contributed by atoms with Gasteiger partial charge >= 0.3 is 6.18 Å². The Morgan fingerprint density at radius 2 is 1.69 bits per heavy atom. The van der Waals surface area contributed by atoms with Crippen LogP contribution in [0.3, 0.4) is 0 Å². The number of hydrogen-bond acceptors (Lipinski definition) is 3. The fraction of sp³-hybridized carbons (Fsp3) is 0.462. The molecule has 0 amide bonds. The molecule has 1 saturated heterocycles. The van der Waals surface area contributed by atoms with Crippen molar-refractivity contribution in [3.05, 3.63) is 65.4 Å². The minimum atomic E-state index is -4.55. The molecular formula is C26H27F6N3O. The summed E-state index contributed by atoms with van der Waals surface area (Å²) >= 11 is 0. The van der Waals surface area contributed by atoms with Crippen LogP contribution < -0.4 is 4.74 Å². The molecule has 0 aliphatic carbocycles. The first-order valence-electron chi connectivity index (χ1n) is 12.0. The van der Waals surface area contributed by atoms with E-state index in [0.717, 1.165) is 27.9 Å². The van der Waals surface area contributed by atoms with E-state index in [0.29, 0.717) is 31.7 Å². The molecule has 2 aliphatic rings. The summed E-state index contributed by atoms with van der Waals surface area (Å²) in [6, 6.07) is 9.21. The summed E-state index contributed by atoms with van der Waals surface area (Å²) in [5.74, 6) is -1.93. The SMILES string of the molecule is C[C@@H]1Cn2c(cc3ccccc32)[C@@H](c2c(F)cc(OC3CN(CCCF)C3)cc2F)N1CC(F)(F)F. The van der Waals surface area contributed by atoms with Crippen molar-refractivity contribution in [2.45, 2.75) is 44.3 Å². The van der Waals surface area contributed by atoms with Crippen LogP contribution in [0.2, 0.25) is 0 Å². The molecule has 10 heteroatoms. The Hall–Kier alpha value is -2.72. The first-order chi connectivity index (χ1) is 17.1. The number of fused-ring (bicyclic) bond motifs is 3. The predicted molar refractivity (Wildman–Crippen MR) is 124 cm³/mol. The van der Waals surface area contributed by atoms with Crippen molar-refractivity contribution in [1.82, 2.24) is 14.4 Å². The molecule has 0 N–H and O–H groups in total. The second-order valence-electron chi connectivity index (χ2n) is 9.62. The van der Waals surface area contributed by atoms with Crippen molar-refractivity contribution in [2.24, 2.45) is 0 Å². The van der Waals surface area contributed by atoms with Crippen molar-refractivity contribution < 1.29 is 31.1 Å². The summed E-state index contributed by atoms with van der Waals surface area (Å²) in [5.41, 5.74) is 0.784. The first kappa shape index (κ1) is 25.0. The van der Waals surface area contributed by atoms with Gasteiger partial charge in [0.2, 0.25) is 0 Å². The molecule has 2 aliphatic heterocycles. The molecule has 5 rings (SSSR count). The zero-order valence-electron chi connectivity index (χ0n) is 19.7. The third-order valence-corrected chi connectivity index (χ3v) is 6.99. The number of alkyl halides is 4. The van der Waals surface area contributed by atoms with Gasteiger partial charge in [0.1, 0.15) is 23.5 Å². The summed E-state index contributed by atoms with van der Waals surface area (Å²) in [6.07, 6.45) is -4.42. The summed E-state index contributed by atoms with van der Waals surface area (Å²) in [4.78, 5) is 3.09. The number of rotatable bonds is 7. The van der Waals surface area contributed by atoms with E-state index in [2.05, 4.69) is 0 Å². The van der Waals surface area contributed by atoms with Gasteiger partial charge in [-0.25, -0.2) is 8.78 Å². The van der Waals surface area contributed by atoms with Gasteiger partial charge in [0.05, 0.1) is 19.3 Å². The van der Waals surface area contributed by atoms with Gasteiger partial charge in [-0.2, -0.15) is 13.2 Å². The number of hydrogen-bond donors (Lipinski definition) is 0. The van der Waals surface area contributed by atoms with Gasteiger partial charge in [0.25, 0.3) is 0 Å². The average molecular weight is 512 g/mol. The van der Waals surface area contributed by atoms with Crippen molar-refractivity contribution >= 4 is 10.9 Å². The quantitative estimate of drug-likeness (QED) is 0.380. The lowest BCUT2D eigenvalue weighted by atomic mass is 9.96. The number of ether oxygens (including phenoxy) is 1. The van der Waals surface area contributed by atoms with E-state index in [1.165, 1.54) is 0 Å². The Bertz CT molecular complexity index is 1210. The van der Waals surface area contributed by atoms with E-state index in [1.807, 2.05) is 33.7 Å². The molecule has 2 aromatic carbocycles. The molecule has 0 unspecified atom stereocenters. The fourth-order valence-corrected chi connectivity index (χ4v) is 5.37. The highest BCUT2D eigenvalue weighted by Crippen LogP contribution is 2.42. The Balaban J connectivity index is 1.50. The smallest absolute Gasteiger partial charge is 0.401 e. The maximum absolute atomic E-state index is 15.5. The Morgan fingerprint density at radius 1 is 1.00 bits per heavy atom. The lowest BCUT2D eigenvalue weighted by Gasteiger charge is -2.42. The predicted octanol–water partition coefficient (Wildman–Crippen LogP) is 5.70. The van der Waals surface area contributed by atoms with Crippen LogP contribution >= 0.6 is 0 Å².